The molecule has 2 atom stereocenters. The van der Waals surface area contributed by atoms with Crippen molar-refractivity contribution in [3.63, 3.8) is 0 Å². The molecule has 3 aliphatic heterocycles. The van der Waals surface area contributed by atoms with Crippen molar-refractivity contribution in [1.82, 2.24) is 20.1 Å². The van der Waals surface area contributed by atoms with Crippen LogP contribution in [-0.2, 0) is 30.3 Å². The van der Waals surface area contributed by atoms with Gasteiger partial charge in [-0.1, -0.05) is 36.4 Å². The number of hydrogen-bond acceptors (Lipinski definition) is 9. The quantitative estimate of drug-likeness (QED) is 0.586. The molecule has 5 rings (SSSR count). The van der Waals surface area contributed by atoms with E-state index in [0.29, 0.717) is 25.4 Å². The van der Waals surface area contributed by atoms with Gasteiger partial charge in [0.15, 0.2) is 0 Å². The zero-order valence-corrected chi connectivity index (χ0v) is 20.6. The van der Waals surface area contributed by atoms with E-state index in [9.17, 15) is 14.4 Å². The average Bonchev–Trinajstić information content (AvgIpc) is 3.34. The first kappa shape index (κ1) is 24.5. The Morgan fingerprint density at radius 3 is 2.58 bits per heavy atom. The van der Waals surface area contributed by atoms with Crippen LogP contribution in [0.4, 0.5) is 0 Å². The number of pyridine rings is 1. The minimum atomic E-state index is -1.66. The number of nitrogens with one attached hydrogen (secondary N) is 1. The molecular weight excluding hydrogens is 480 g/mol. The molecule has 1 amide bonds. The number of aryl methyl sites for hydroxylation is 1. The first-order valence-electron chi connectivity index (χ1n) is 12.0. The van der Waals surface area contributed by atoms with Crippen molar-refractivity contribution in [1.29, 1.82) is 0 Å². The van der Waals surface area contributed by atoms with Gasteiger partial charge < -0.3 is 14.4 Å². The Hall–Kier alpha value is -3.21. The molecule has 9 nitrogen and oxygen atoms in total. The molecule has 1 aromatic heterocycles. The third kappa shape index (κ3) is 5.45. The standard InChI is InChI=1S/C26H28N4O5S/c31-22-10-11-23(32)35-26(34-22)18-29(14-15-30(26)13-5-8-19-6-2-1-3-7-19)25(33)21-17-36-24(28-21)20-9-4-12-27-16-20/h1-4,6-7,9-12,16,21,24,28H,5,8,13-15,17-18H2. The van der Waals surface area contributed by atoms with Crippen LogP contribution in [0.15, 0.2) is 67.0 Å². The van der Waals surface area contributed by atoms with Crippen LogP contribution in [0, 0.1) is 0 Å². The van der Waals surface area contributed by atoms with Crippen LogP contribution in [0.1, 0.15) is 22.9 Å². The Morgan fingerprint density at radius 2 is 1.86 bits per heavy atom. The number of nitrogens with zero attached hydrogens (tertiary/aromatic N) is 3. The summed E-state index contributed by atoms with van der Waals surface area (Å²) in [5.41, 5.74) is 2.21. The van der Waals surface area contributed by atoms with E-state index in [0.717, 1.165) is 30.6 Å². The van der Waals surface area contributed by atoms with Gasteiger partial charge in [-0.2, -0.15) is 0 Å². The summed E-state index contributed by atoms with van der Waals surface area (Å²) in [5, 5.41) is 3.35. The van der Waals surface area contributed by atoms with E-state index in [1.165, 1.54) is 5.56 Å². The van der Waals surface area contributed by atoms with Crippen LogP contribution in [0.5, 0.6) is 0 Å². The van der Waals surface area contributed by atoms with Crippen molar-refractivity contribution in [2.45, 2.75) is 30.2 Å². The number of rotatable bonds is 6. The van der Waals surface area contributed by atoms with Gasteiger partial charge in [-0.05, 0) is 30.0 Å². The number of esters is 2. The van der Waals surface area contributed by atoms with Crippen molar-refractivity contribution in [2.75, 3.05) is 31.9 Å². The second-order valence-electron chi connectivity index (χ2n) is 8.94. The lowest BCUT2D eigenvalue weighted by Gasteiger charge is -2.47. The Kier molecular flexibility index (Phi) is 7.35. The van der Waals surface area contributed by atoms with Crippen LogP contribution < -0.4 is 5.32 Å². The smallest absolute Gasteiger partial charge is 0.339 e. The molecule has 188 valence electrons. The van der Waals surface area contributed by atoms with E-state index in [1.54, 1.807) is 29.1 Å². The minimum absolute atomic E-state index is 0.0291. The Balaban J connectivity index is 1.28. The molecule has 0 aliphatic carbocycles. The second-order valence-corrected chi connectivity index (χ2v) is 10.1. The summed E-state index contributed by atoms with van der Waals surface area (Å²) in [6, 6.07) is 13.5. The first-order chi connectivity index (χ1) is 17.5. The van der Waals surface area contributed by atoms with Gasteiger partial charge in [0, 0.05) is 49.9 Å². The Labute approximate surface area is 213 Å². The SMILES string of the molecule is O=C1C=CC(=O)OC2(CN(C(=O)C3CSC(c4cccnc4)N3)CCN2CCCc2ccccc2)O1. The molecule has 2 aromatic rings. The molecule has 2 unspecified atom stereocenters. The fraction of sp³-hybridized carbons (Fsp3) is 0.385. The molecule has 3 aliphatic rings. The summed E-state index contributed by atoms with van der Waals surface area (Å²) >= 11 is 1.65. The van der Waals surface area contributed by atoms with Gasteiger partial charge in [0.25, 0.3) is 0 Å². The van der Waals surface area contributed by atoms with Crippen LogP contribution in [0.3, 0.4) is 0 Å². The number of aromatic nitrogens is 1. The van der Waals surface area contributed by atoms with Gasteiger partial charge in [-0.15, -0.1) is 11.8 Å². The average molecular weight is 509 g/mol. The lowest BCUT2D eigenvalue weighted by Crippen LogP contribution is -2.67. The van der Waals surface area contributed by atoms with Crippen molar-refractivity contribution in [3.05, 3.63) is 78.1 Å². The highest BCUT2D eigenvalue weighted by atomic mass is 32.2. The van der Waals surface area contributed by atoms with Crippen LogP contribution >= 0.6 is 11.8 Å². The highest BCUT2D eigenvalue weighted by molar-refractivity contribution is 7.99. The fourth-order valence-electron chi connectivity index (χ4n) is 4.71. The Morgan fingerprint density at radius 1 is 1.08 bits per heavy atom. The predicted molar refractivity (Wildman–Crippen MR) is 133 cm³/mol. The molecule has 10 heteroatoms. The van der Waals surface area contributed by atoms with Crippen molar-refractivity contribution in [2.24, 2.45) is 0 Å². The van der Waals surface area contributed by atoms with Crippen LogP contribution in [0.25, 0.3) is 0 Å². The van der Waals surface area contributed by atoms with Crippen molar-refractivity contribution >= 4 is 29.6 Å². The van der Waals surface area contributed by atoms with Crippen LogP contribution in [-0.4, -0.2) is 76.5 Å². The Bertz CT molecular complexity index is 1110. The summed E-state index contributed by atoms with van der Waals surface area (Å²) in [5.74, 6) is -2.51. The molecule has 0 radical (unpaired) electrons. The van der Waals surface area contributed by atoms with E-state index in [4.69, 9.17) is 9.47 Å². The van der Waals surface area contributed by atoms with Gasteiger partial charge in [0.1, 0.15) is 6.54 Å². The highest BCUT2D eigenvalue weighted by Gasteiger charge is 2.51. The number of benzene rings is 1. The third-order valence-corrected chi connectivity index (χ3v) is 7.77. The fourth-order valence-corrected chi connectivity index (χ4v) is 5.93. The number of ether oxygens (including phenoxy) is 2. The topological polar surface area (TPSA) is 101 Å². The number of carbonyl (C=O) groups excluding carboxylic acids is 3. The number of hydrogen-bond donors (Lipinski definition) is 1. The van der Waals surface area contributed by atoms with Gasteiger partial charge in [0.05, 0.1) is 11.4 Å². The molecule has 1 aromatic carbocycles. The lowest BCUT2D eigenvalue weighted by molar-refractivity contribution is -0.298. The minimum Gasteiger partial charge on any atom is -0.403 e. The van der Waals surface area contributed by atoms with E-state index in [-0.39, 0.29) is 17.8 Å². The van der Waals surface area contributed by atoms with E-state index in [2.05, 4.69) is 22.4 Å². The predicted octanol–water partition coefficient (Wildman–Crippen LogP) is 1.87. The number of thioether (sulfide) groups is 1. The van der Waals surface area contributed by atoms with E-state index < -0.39 is 23.9 Å². The maximum absolute atomic E-state index is 13.5. The summed E-state index contributed by atoms with van der Waals surface area (Å²) in [4.78, 5) is 45.9. The zero-order valence-electron chi connectivity index (χ0n) is 19.7. The molecule has 4 heterocycles. The normalized spacial score (nSPS) is 23.8. The number of carbonyl (C=O) groups is 3. The maximum atomic E-state index is 13.5. The lowest BCUT2D eigenvalue weighted by atomic mass is 10.1. The van der Waals surface area contributed by atoms with Crippen LogP contribution in [0.2, 0.25) is 0 Å². The maximum Gasteiger partial charge on any atom is 0.339 e. The van der Waals surface area contributed by atoms with E-state index >= 15 is 0 Å². The first-order valence-corrected chi connectivity index (χ1v) is 13.1. The van der Waals surface area contributed by atoms with Gasteiger partial charge in [-0.25, -0.2) is 14.5 Å². The summed E-state index contributed by atoms with van der Waals surface area (Å²) in [7, 11) is 0. The zero-order chi connectivity index (χ0) is 25.0. The molecule has 2 saturated heterocycles. The number of amides is 1. The monoisotopic (exact) mass is 508 g/mol. The second kappa shape index (κ2) is 10.8. The largest absolute Gasteiger partial charge is 0.403 e. The number of piperazine rings is 1. The molecule has 2 fully saturated rings. The third-order valence-electron chi connectivity index (χ3n) is 6.50. The summed E-state index contributed by atoms with van der Waals surface area (Å²) in [6.07, 6.45) is 7.24. The van der Waals surface area contributed by atoms with Gasteiger partial charge in [-0.3, -0.25) is 15.1 Å². The molecular formula is C26H28N4O5S. The molecule has 1 spiro atoms. The van der Waals surface area contributed by atoms with Gasteiger partial charge in [0.2, 0.25) is 5.91 Å². The molecule has 36 heavy (non-hydrogen) atoms. The summed E-state index contributed by atoms with van der Waals surface area (Å²) < 4.78 is 11.4. The highest BCUT2D eigenvalue weighted by Crippen LogP contribution is 2.34. The molecule has 0 bridgehead atoms. The summed E-state index contributed by atoms with van der Waals surface area (Å²) in [6.45, 7) is 1.34. The van der Waals surface area contributed by atoms with Gasteiger partial charge >= 0.3 is 17.8 Å². The van der Waals surface area contributed by atoms with E-state index in [1.807, 2.05) is 35.2 Å². The van der Waals surface area contributed by atoms with Crippen molar-refractivity contribution in [3.8, 4) is 0 Å². The van der Waals surface area contributed by atoms with Crippen molar-refractivity contribution < 1.29 is 23.9 Å². The molecule has 0 saturated carbocycles. The molecule has 1 N–H and O–H groups in total.